The van der Waals surface area contributed by atoms with Crippen LogP contribution in [0.25, 0.3) is 0 Å². The number of amides is 2. The van der Waals surface area contributed by atoms with Crippen LogP contribution in [0.5, 0.6) is 0 Å². The van der Waals surface area contributed by atoms with E-state index in [9.17, 15) is 14.7 Å². The second-order valence-electron chi connectivity index (χ2n) is 7.68. The minimum absolute atomic E-state index is 0.145. The van der Waals surface area contributed by atoms with Crippen LogP contribution in [-0.4, -0.2) is 58.3 Å². The summed E-state index contributed by atoms with van der Waals surface area (Å²) in [5.74, 6) is -0.442. The highest BCUT2D eigenvalue weighted by Crippen LogP contribution is 2.20. The Hall–Kier alpha value is -2.15. The van der Waals surface area contributed by atoms with Gasteiger partial charge < -0.3 is 20.1 Å². The van der Waals surface area contributed by atoms with Crippen LogP contribution in [0, 0.1) is 5.92 Å². The summed E-state index contributed by atoms with van der Waals surface area (Å²) >= 11 is 0. The van der Waals surface area contributed by atoms with Crippen molar-refractivity contribution in [1.29, 1.82) is 0 Å². The van der Waals surface area contributed by atoms with E-state index in [1.807, 2.05) is 39.0 Å². The van der Waals surface area contributed by atoms with E-state index < -0.39 is 11.6 Å². The number of aliphatic hydroxyl groups excluding tert-OH is 1. The van der Waals surface area contributed by atoms with Crippen LogP contribution in [0.4, 0.5) is 4.79 Å². The van der Waals surface area contributed by atoms with Gasteiger partial charge in [-0.2, -0.15) is 0 Å². The smallest absolute Gasteiger partial charge is 0.410 e. The molecule has 7 heteroatoms. The van der Waals surface area contributed by atoms with Crippen molar-refractivity contribution in [1.82, 2.24) is 15.2 Å². The maximum Gasteiger partial charge on any atom is 0.410 e. The van der Waals surface area contributed by atoms with Crippen molar-refractivity contribution in [3.63, 3.8) is 0 Å². The lowest BCUT2D eigenvalue weighted by molar-refractivity contribution is -0.127. The third-order valence-electron chi connectivity index (χ3n) is 4.19. The van der Waals surface area contributed by atoms with Crippen molar-refractivity contribution in [2.75, 3.05) is 19.7 Å². The molecule has 0 bridgehead atoms. The molecule has 1 aliphatic heterocycles. The van der Waals surface area contributed by atoms with E-state index in [0.29, 0.717) is 25.9 Å². The third-order valence-corrected chi connectivity index (χ3v) is 4.19. The average molecular weight is 363 g/mol. The Balaban J connectivity index is 1.90. The van der Waals surface area contributed by atoms with Gasteiger partial charge in [0.05, 0.1) is 18.6 Å². The van der Waals surface area contributed by atoms with Crippen molar-refractivity contribution in [3.05, 3.63) is 30.1 Å². The van der Waals surface area contributed by atoms with Gasteiger partial charge in [0.15, 0.2) is 0 Å². The first-order chi connectivity index (χ1) is 12.3. The zero-order chi connectivity index (χ0) is 19.2. The molecule has 2 heterocycles. The zero-order valence-corrected chi connectivity index (χ0v) is 15.8. The second-order valence-corrected chi connectivity index (χ2v) is 7.68. The van der Waals surface area contributed by atoms with Crippen molar-refractivity contribution in [2.45, 2.75) is 51.7 Å². The molecule has 0 radical (unpaired) electrons. The lowest BCUT2D eigenvalue weighted by Gasteiger charge is -2.34. The standard InChI is InChI=1S/C19H29N3O4/c1-19(2,3)26-18(25)22-10-6-7-14(12-22)17(24)21-16(13-23)11-15-8-4-5-9-20-15/h4-5,8-9,14,16,23H,6-7,10-13H2,1-3H3,(H,21,24)/t14-,16-/m1/s1. The highest BCUT2D eigenvalue weighted by Gasteiger charge is 2.31. The number of hydrogen-bond acceptors (Lipinski definition) is 5. The Labute approximate surface area is 154 Å². The van der Waals surface area contributed by atoms with Gasteiger partial charge in [0.25, 0.3) is 0 Å². The Bertz CT molecular complexity index is 601. The molecule has 1 aromatic heterocycles. The van der Waals surface area contributed by atoms with E-state index in [2.05, 4.69) is 10.3 Å². The summed E-state index contributed by atoms with van der Waals surface area (Å²) in [6, 6.07) is 5.16. The molecule has 144 valence electrons. The van der Waals surface area contributed by atoms with E-state index in [0.717, 1.165) is 12.1 Å². The molecule has 1 aromatic rings. The third kappa shape index (κ3) is 6.29. The predicted octanol–water partition coefficient (Wildman–Crippen LogP) is 1.75. The fourth-order valence-corrected chi connectivity index (χ4v) is 2.94. The molecule has 1 fully saturated rings. The molecule has 26 heavy (non-hydrogen) atoms. The average Bonchev–Trinajstić information content (AvgIpc) is 2.60. The van der Waals surface area contributed by atoms with Crippen LogP contribution >= 0.6 is 0 Å². The van der Waals surface area contributed by atoms with Gasteiger partial charge in [0.2, 0.25) is 5.91 Å². The summed E-state index contributed by atoms with van der Waals surface area (Å²) in [6.45, 7) is 6.23. The number of nitrogens with zero attached hydrogens (tertiary/aromatic N) is 2. The maximum atomic E-state index is 12.6. The summed E-state index contributed by atoms with van der Waals surface area (Å²) in [4.78, 5) is 30.6. The van der Waals surface area contributed by atoms with E-state index in [-0.39, 0.29) is 24.5 Å². The van der Waals surface area contributed by atoms with Crippen molar-refractivity contribution in [2.24, 2.45) is 5.92 Å². The predicted molar refractivity (Wildman–Crippen MR) is 97.5 cm³/mol. The fraction of sp³-hybridized carbons (Fsp3) is 0.632. The van der Waals surface area contributed by atoms with Gasteiger partial charge in [-0.1, -0.05) is 6.07 Å². The number of nitrogens with one attached hydrogen (secondary N) is 1. The molecule has 1 aliphatic rings. The van der Waals surface area contributed by atoms with Crippen LogP contribution < -0.4 is 5.32 Å². The number of piperidine rings is 1. The summed E-state index contributed by atoms with van der Waals surface area (Å²) < 4.78 is 5.39. The van der Waals surface area contributed by atoms with Gasteiger partial charge in [-0.15, -0.1) is 0 Å². The van der Waals surface area contributed by atoms with Crippen molar-refractivity contribution in [3.8, 4) is 0 Å². The van der Waals surface area contributed by atoms with Gasteiger partial charge in [0.1, 0.15) is 5.60 Å². The number of carbonyl (C=O) groups excluding carboxylic acids is 2. The van der Waals surface area contributed by atoms with E-state index in [1.54, 1.807) is 11.1 Å². The van der Waals surface area contributed by atoms with Gasteiger partial charge in [-0.3, -0.25) is 9.78 Å². The first-order valence-corrected chi connectivity index (χ1v) is 9.07. The summed E-state index contributed by atoms with van der Waals surface area (Å²) in [5, 5.41) is 12.5. The number of carbonyl (C=O) groups is 2. The minimum atomic E-state index is -0.559. The van der Waals surface area contributed by atoms with E-state index in [1.165, 1.54) is 0 Å². The highest BCUT2D eigenvalue weighted by molar-refractivity contribution is 5.80. The number of ether oxygens (including phenoxy) is 1. The van der Waals surface area contributed by atoms with E-state index in [4.69, 9.17) is 4.74 Å². The van der Waals surface area contributed by atoms with Crippen LogP contribution in [-0.2, 0) is 16.0 Å². The fourth-order valence-electron chi connectivity index (χ4n) is 2.94. The molecule has 0 aliphatic carbocycles. The molecule has 0 unspecified atom stereocenters. The maximum absolute atomic E-state index is 12.6. The lowest BCUT2D eigenvalue weighted by Crippen LogP contribution is -2.49. The minimum Gasteiger partial charge on any atom is -0.444 e. The number of hydrogen-bond donors (Lipinski definition) is 2. The molecule has 2 rings (SSSR count). The second kappa shape index (κ2) is 8.98. The van der Waals surface area contributed by atoms with Crippen LogP contribution in [0.3, 0.4) is 0 Å². The van der Waals surface area contributed by atoms with Crippen LogP contribution in [0.2, 0.25) is 0 Å². The molecule has 2 amide bonds. The molecule has 1 saturated heterocycles. The number of rotatable bonds is 5. The number of aliphatic hydroxyl groups is 1. The molecule has 2 atom stereocenters. The molecule has 0 spiro atoms. The van der Waals surface area contributed by atoms with Crippen molar-refractivity contribution >= 4 is 12.0 Å². The Morgan fingerprint density at radius 3 is 2.81 bits per heavy atom. The quantitative estimate of drug-likeness (QED) is 0.831. The van der Waals surface area contributed by atoms with Gasteiger partial charge in [-0.25, -0.2) is 4.79 Å². The van der Waals surface area contributed by atoms with Gasteiger partial charge in [-0.05, 0) is 45.7 Å². The summed E-state index contributed by atoms with van der Waals surface area (Å²) in [5.41, 5.74) is 0.252. The molecule has 7 nitrogen and oxygen atoms in total. The first kappa shape index (κ1) is 20.2. The number of aromatic nitrogens is 1. The molecule has 0 saturated carbocycles. The van der Waals surface area contributed by atoms with Crippen molar-refractivity contribution < 1.29 is 19.4 Å². The molecule has 2 N–H and O–H groups in total. The number of pyridine rings is 1. The van der Waals surface area contributed by atoms with Crippen LogP contribution in [0.1, 0.15) is 39.3 Å². The Kier molecular flexibility index (Phi) is 6.97. The Morgan fingerprint density at radius 1 is 1.42 bits per heavy atom. The summed E-state index contributed by atoms with van der Waals surface area (Å²) in [7, 11) is 0. The highest BCUT2D eigenvalue weighted by atomic mass is 16.6. The van der Waals surface area contributed by atoms with Gasteiger partial charge in [0, 0.05) is 31.4 Å². The molecular formula is C19H29N3O4. The topological polar surface area (TPSA) is 91.8 Å². The molecular weight excluding hydrogens is 334 g/mol. The largest absolute Gasteiger partial charge is 0.444 e. The SMILES string of the molecule is CC(C)(C)OC(=O)N1CCC[C@@H](C(=O)N[C@@H](CO)Cc2ccccn2)C1. The monoisotopic (exact) mass is 363 g/mol. The first-order valence-electron chi connectivity index (χ1n) is 9.07. The Morgan fingerprint density at radius 2 is 2.19 bits per heavy atom. The zero-order valence-electron chi connectivity index (χ0n) is 15.8. The lowest BCUT2D eigenvalue weighted by atomic mass is 9.96. The number of likely N-dealkylation sites (tertiary alicyclic amines) is 1. The summed E-state index contributed by atoms with van der Waals surface area (Å²) in [6.07, 6.45) is 3.23. The van der Waals surface area contributed by atoms with Gasteiger partial charge >= 0.3 is 6.09 Å². The molecule has 0 aromatic carbocycles. The normalized spacial score (nSPS) is 18.9. The van der Waals surface area contributed by atoms with Crippen LogP contribution in [0.15, 0.2) is 24.4 Å². The van der Waals surface area contributed by atoms with E-state index >= 15 is 0 Å².